The zero-order valence-corrected chi connectivity index (χ0v) is 13.6. The molecule has 0 aliphatic rings. The molecule has 0 fully saturated rings. The summed E-state index contributed by atoms with van der Waals surface area (Å²) in [5.74, 6) is -0.214. The van der Waals surface area contributed by atoms with Gasteiger partial charge in [0, 0.05) is 21.5 Å². The lowest BCUT2D eigenvalue weighted by atomic mass is 10.1. The topological polar surface area (TPSA) is 12.0 Å². The Morgan fingerprint density at radius 3 is 2.58 bits per heavy atom. The predicted octanol–water partition coefficient (Wildman–Crippen LogP) is 5.20. The molecule has 0 unspecified atom stereocenters. The standard InChI is InChI=1S/C15H14Br2FN/c1-10(13-4-2-3-5-15(13)17)19-9-11-8-12(18)6-7-14(11)16/h2-8,10,19H,9H2,1H3/t10-/m1/s1. The molecule has 0 aliphatic heterocycles. The highest BCUT2D eigenvalue weighted by atomic mass is 79.9. The van der Waals surface area contributed by atoms with E-state index in [0.717, 1.165) is 14.5 Å². The first-order valence-electron chi connectivity index (χ1n) is 5.99. The molecule has 1 nitrogen and oxygen atoms in total. The maximum absolute atomic E-state index is 13.2. The average Bonchev–Trinajstić information content (AvgIpc) is 2.40. The first-order chi connectivity index (χ1) is 9.08. The van der Waals surface area contributed by atoms with Crippen molar-refractivity contribution in [3.05, 3.63) is 68.4 Å². The summed E-state index contributed by atoms with van der Waals surface area (Å²) >= 11 is 6.98. The molecule has 19 heavy (non-hydrogen) atoms. The van der Waals surface area contributed by atoms with Gasteiger partial charge < -0.3 is 5.32 Å². The van der Waals surface area contributed by atoms with Crippen LogP contribution in [0.2, 0.25) is 0 Å². The van der Waals surface area contributed by atoms with Gasteiger partial charge in [-0.15, -0.1) is 0 Å². The van der Waals surface area contributed by atoms with Crippen LogP contribution in [0.4, 0.5) is 4.39 Å². The Hall–Kier alpha value is -0.710. The summed E-state index contributed by atoms with van der Waals surface area (Å²) in [6, 6.07) is 13.0. The van der Waals surface area contributed by atoms with Crippen molar-refractivity contribution in [3.63, 3.8) is 0 Å². The molecule has 0 bridgehead atoms. The van der Waals surface area contributed by atoms with Crippen LogP contribution in [0.15, 0.2) is 51.4 Å². The third-order valence-electron chi connectivity index (χ3n) is 2.98. The first kappa shape index (κ1) is 14.7. The smallest absolute Gasteiger partial charge is 0.123 e. The number of nitrogens with one attached hydrogen (secondary N) is 1. The summed E-state index contributed by atoms with van der Waals surface area (Å²) in [6.45, 7) is 2.70. The Morgan fingerprint density at radius 1 is 1.11 bits per heavy atom. The normalized spacial score (nSPS) is 12.4. The van der Waals surface area contributed by atoms with E-state index >= 15 is 0 Å². The molecule has 2 rings (SSSR count). The average molecular weight is 387 g/mol. The molecule has 2 aromatic carbocycles. The van der Waals surface area contributed by atoms with Gasteiger partial charge in [0.15, 0.2) is 0 Å². The molecule has 1 atom stereocenters. The number of rotatable bonds is 4. The van der Waals surface area contributed by atoms with Crippen molar-refractivity contribution >= 4 is 31.9 Å². The van der Waals surface area contributed by atoms with E-state index in [1.165, 1.54) is 11.6 Å². The molecule has 0 aliphatic carbocycles. The predicted molar refractivity (Wildman–Crippen MR) is 83.5 cm³/mol. The molecule has 100 valence electrons. The summed E-state index contributed by atoms with van der Waals surface area (Å²) in [4.78, 5) is 0. The third kappa shape index (κ3) is 3.88. The largest absolute Gasteiger partial charge is 0.306 e. The van der Waals surface area contributed by atoms with Gasteiger partial charge in [-0.25, -0.2) is 4.39 Å². The maximum atomic E-state index is 13.2. The maximum Gasteiger partial charge on any atom is 0.123 e. The van der Waals surface area contributed by atoms with E-state index < -0.39 is 0 Å². The van der Waals surface area contributed by atoms with Crippen LogP contribution in [0.5, 0.6) is 0 Å². The summed E-state index contributed by atoms with van der Waals surface area (Å²) in [5.41, 5.74) is 2.11. The van der Waals surface area contributed by atoms with Crippen molar-refractivity contribution in [3.8, 4) is 0 Å². The van der Waals surface area contributed by atoms with Crippen LogP contribution in [0.1, 0.15) is 24.1 Å². The van der Waals surface area contributed by atoms with Crippen LogP contribution in [-0.4, -0.2) is 0 Å². The van der Waals surface area contributed by atoms with Crippen LogP contribution < -0.4 is 5.32 Å². The summed E-state index contributed by atoms with van der Waals surface area (Å²) in [6.07, 6.45) is 0. The van der Waals surface area contributed by atoms with Crippen LogP contribution in [0, 0.1) is 5.82 Å². The molecule has 0 spiro atoms. The Morgan fingerprint density at radius 2 is 1.84 bits per heavy atom. The van der Waals surface area contributed by atoms with Gasteiger partial charge in [0.05, 0.1) is 0 Å². The summed E-state index contributed by atoms with van der Waals surface area (Å²) in [7, 11) is 0. The van der Waals surface area contributed by atoms with Crippen LogP contribution >= 0.6 is 31.9 Å². The minimum Gasteiger partial charge on any atom is -0.306 e. The van der Waals surface area contributed by atoms with Gasteiger partial charge in [-0.2, -0.15) is 0 Å². The zero-order chi connectivity index (χ0) is 13.8. The van der Waals surface area contributed by atoms with Crippen LogP contribution in [-0.2, 0) is 6.54 Å². The highest BCUT2D eigenvalue weighted by Gasteiger charge is 2.09. The molecular formula is C15H14Br2FN. The minimum absolute atomic E-state index is 0.186. The van der Waals surface area contributed by atoms with E-state index in [1.807, 2.05) is 18.2 Å². The van der Waals surface area contributed by atoms with E-state index in [2.05, 4.69) is 50.2 Å². The summed E-state index contributed by atoms with van der Waals surface area (Å²) in [5, 5.41) is 3.40. The molecule has 0 saturated carbocycles. The van der Waals surface area contributed by atoms with E-state index in [0.29, 0.717) is 6.54 Å². The molecule has 4 heteroatoms. The second-order valence-corrected chi connectivity index (χ2v) is 6.07. The van der Waals surface area contributed by atoms with Gasteiger partial charge in [0.2, 0.25) is 0 Å². The molecule has 0 saturated heterocycles. The fourth-order valence-electron chi connectivity index (χ4n) is 1.88. The second-order valence-electron chi connectivity index (χ2n) is 4.36. The van der Waals surface area contributed by atoms with Gasteiger partial charge in [-0.3, -0.25) is 0 Å². The highest BCUT2D eigenvalue weighted by Crippen LogP contribution is 2.24. The van der Waals surface area contributed by atoms with E-state index in [9.17, 15) is 4.39 Å². The first-order valence-corrected chi connectivity index (χ1v) is 7.58. The van der Waals surface area contributed by atoms with Crippen LogP contribution in [0.3, 0.4) is 0 Å². The SMILES string of the molecule is C[C@@H](NCc1cc(F)ccc1Br)c1ccccc1Br. The lowest BCUT2D eigenvalue weighted by molar-refractivity contribution is 0.566. The van der Waals surface area contributed by atoms with Gasteiger partial charge in [-0.1, -0.05) is 50.1 Å². The number of hydrogen-bond acceptors (Lipinski definition) is 1. The fraction of sp³-hybridized carbons (Fsp3) is 0.200. The lowest BCUT2D eigenvalue weighted by Crippen LogP contribution is -2.18. The highest BCUT2D eigenvalue weighted by molar-refractivity contribution is 9.10. The van der Waals surface area contributed by atoms with E-state index in [1.54, 1.807) is 12.1 Å². The van der Waals surface area contributed by atoms with Crippen molar-refractivity contribution in [2.45, 2.75) is 19.5 Å². The molecule has 2 aromatic rings. The monoisotopic (exact) mass is 385 g/mol. The number of halogens is 3. The van der Waals surface area contributed by atoms with Crippen LogP contribution in [0.25, 0.3) is 0 Å². The Balaban J connectivity index is 2.06. The van der Waals surface area contributed by atoms with Crippen molar-refractivity contribution in [2.75, 3.05) is 0 Å². The van der Waals surface area contributed by atoms with Crippen molar-refractivity contribution in [2.24, 2.45) is 0 Å². The quantitative estimate of drug-likeness (QED) is 0.761. The van der Waals surface area contributed by atoms with Crippen molar-refractivity contribution in [1.29, 1.82) is 0 Å². The Labute approximate surface area is 129 Å². The van der Waals surface area contributed by atoms with Gasteiger partial charge in [-0.05, 0) is 42.3 Å². The van der Waals surface area contributed by atoms with Gasteiger partial charge >= 0.3 is 0 Å². The number of benzene rings is 2. The Kier molecular flexibility index (Phi) is 5.13. The molecule has 1 N–H and O–H groups in total. The molecular weight excluding hydrogens is 373 g/mol. The van der Waals surface area contributed by atoms with E-state index in [-0.39, 0.29) is 11.9 Å². The van der Waals surface area contributed by atoms with Crippen molar-refractivity contribution in [1.82, 2.24) is 5.32 Å². The zero-order valence-electron chi connectivity index (χ0n) is 10.5. The molecule has 0 aromatic heterocycles. The minimum atomic E-state index is -0.214. The molecule has 0 heterocycles. The van der Waals surface area contributed by atoms with E-state index in [4.69, 9.17) is 0 Å². The third-order valence-corrected chi connectivity index (χ3v) is 4.47. The lowest BCUT2D eigenvalue weighted by Gasteiger charge is -2.16. The Bertz CT molecular complexity index is 572. The van der Waals surface area contributed by atoms with Gasteiger partial charge in [0.25, 0.3) is 0 Å². The van der Waals surface area contributed by atoms with Crippen molar-refractivity contribution < 1.29 is 4.39 Å². The number of hydrogen-bond donors (Lipinski definition) is 1. The van der Waals surface area contributed by atoms with Gasteiger partial charge in [0.1, 0.15) is 5.82 Å². The second kappa shape index (κ2) is 6.64. The molecule has 0 amide bonds. The molecule has 0 radical (unpaired) electrons. The summed E-state index contributed by atoms with van der Waals surface area (Å²) < 4.78 is 15.2. The fourth-order valence-corrected chi connectivity index (χ4v) is 2.89.